The van der Waals surface area contributed by atoms with Crippen LogP contribution < -0.4 is 5.32 Å². The Labute approximate surface area is 183 Å². The number of carbonyl (C=O) groups excluding carboxylic acids is 1. The summed E-state index contributed by atoms with van der Waals surface area (Å²) >= 11 is 3.70. The van der Waals surface area contributed by atoms with Gasteiger partial charge in [0.2, 0.25) is 5.91 Å². The molecular formula is C25H31BrN2O. The third-order valence-electron chi connectivity index (χ3n) is 6.80. The molecular weight excluding hydrogens is 424 g/mol. The van der Waals surface area contributed by atoms with Crippen molar-refractivity contribution in [3.63, 3.8) is 0 Å². The van der Waals surface area contributed by atoms with Crippen LogP contribution in [0.3, 0.4) is 0 Å². The number of benzene rings is 2. The summed E-state index contributed by atoms with van der Waals surface area (Å²) in [4.78, 5) is 15.9. The highest BCUT2D eigenvalue weighted by Gasteiger charge is 2.41. The van der Waals surface area contributed by atoms with Crippen molar-refractivity contribution in [2.75, 3.05) is 19.6 Å². The third kappa shape index (κ3) is 4.29. The molecule has 4 heteroatoms. The van der Waals surface area contributed by atoms with Crippen LogP contribution in [-0.4, -0.2) is 36.5 Å². The lowest BCUT2D eigenvalue weighted by atomic mass is 9.80. The topological polar surface area (TPSA) is 32.3 Å². The van der Waals surface area contributed by atoms with Gasteiger partial charge in [0.15, 0.2) is 0 Å². The van der Waals surface area contributed by atoms with E-state index in [0.717, 1.165) is 36.9 Å². The molecule has 2 aliphatic rings. The number of likely N-dealkylation sites (tertiary alicyclic amines) is 1. The molecule has 1 N–H and O–H groups in total. The van der Waals surface area contributed by atoms with Crippen LogP contribution in [0.4, 0.5) is 0 Å². The van der Waals surface area contributed by atoms with Crippen LogP contribution in [0.25, 0.3) is 0 Å². The lowest BCUT2D eigenvalue weighted by molar-refractivity contribution is -0.140. The largest absolute Gasteiger partial charge is 0.339 e. The van der Waals surface area contributed by atoms with Crippen LogP contribution in [0.15, 0.2) is 59.1 Å². The maximum Gasteiger partial charge on any atom is 0.227 e. The second-order valence-corrected chi connectivity index (χ2v) is 9.72. The summed E-state index contributed by atoms with van der Waals surface area (Å²) in [5, 5.41) is 3.48. The molecule has 2 aliphatic heterocycles. The Hall–Kier alpha value is -1.65. The lowest BCUT2D eigenvalue weighted by Gasteiger charge is -2.43. The molecule has 154 valence electrons. The Morgan fingerprint density at radius 2 is 1.79 bits per heavy atom. The van der Waals surface area contributed by atoms with Gasteiger partial charge in [-0.05, 0) is 41.9 Å². The van der Waals surface area contributed by atoms with Gasteiger partial charge in [-0.25, -0.2) is 0 Å². The molecule has 2 saturated heterocycles. The van der Waals surface area contributed by atoms with Gasteiger partial charge in [0, 0.05) is 36.1 Å². The minimum absolute atomic E-state index is 0.0169. The van der Waals surface area contributed by atoms with E-state index in [1.165, 1.54) is 11.1 Å². The first-order chi connectivity index (χ1) is 14.1. The van der Waals surface area contributed by atoms with E-state index in [0.29, 0.717) is 23.8 Å². The summed E-state index contributed by atoms with van der Waals surface area (Å²) in [5.74, 6) is 1.59. The summed E-state index contributed by atoms with van der Waals surface area (Å²) in [6.07, 6.45) is 2.12. The molecule has 0 bridgehead atoms. The highest BCUT2D eigenvalue weighted by atomic mass is 79.9. The molecule has 2 aromatic rings. The Morgan fingerprint density at radius 3 is 2.52 bits per heavy atom. The predicted octanol–water partition coefficient (Wildman–Crippen LogP) is 5.18. The van der Waals surface area contributed by atoms with Crippen LogP contribution in [0.5, 0.6) is 0 Å². The van der Waals surface area contributed by atoms with Gasteiger partial charge in [0.1, 0.15) is 0 Å². The molecule has 2 heterocycles. The van der Waals surface area contributed by atoms with Gasteiger partial charge >= 0.3 is 0 Å². The average Bonchev–Trinajstić information content (AvgIpc) is 3.23. The molecule has 0 spiro atoms. The second-order valence-electron chi connectivity index (χ2n) is 8.87. The molecule has 4 atom stereocenters. The van der Waals surface area contributed by atoms with E-state index in [2.05, 4.69) is 88.5 Å². The number of amides is 1. The number of carbonyl (C=O) groups is 1. The number of halogens is 1. The van der Waals surface area contributed by atoms with Crippen molar-refractivity contribution in [3.05, 3.63) is 70.2 Å². The van der Waals surface area contributed by atoms with Gasteiger partial charge in [-0.2, -0.15) is 0 Å². The molecule has 0 saturated carbocycles. The molecule has 2 fully saturated rings. The summed E-state index contributed by atoms with van der Waals surface area (Å²) in [6, 6.07) is 19.5. The van der Waals surface area contributed by atoms with E-state index >= 15 is 0 Å². The van der Waals surface area contributed by atoms with E-state index in [9.17, 15) is 4.79 Å². The fourth-order valence-corrected chi connectivity index (χ4v) is 5.76. The first-order valence-electron chi connectivity index (χ1n) is 10.9. The molecule has 1 amide bonds. The van der Waals surface area contributed by atoms with E-state index in [-0.39, 0.29) is 11.8 Å². The zero-order chi connectivity index (χ0) is 20.4. The quantitative estimate of drug-likeness (QED) is 0.689. The normalized spacial score (nSPS) is 27.4. The maximum atomic E-state index is 13.7. The van der Waals surface area contributed by atoms with Crippen molar-refractivity contribution in [1.29, 1.82) is 0 Å². The number of nitrogens with zero attached hydrogens (tertiary/aromatic N) is 1. The first kappa shape index (κ1) is 20.6. The predicted molar refractivity (Wildman–Crippen MR) is 122 cm³/mol. The van der Waals surface area contributed by atoms with Crippen LogP contribution in [0.1, 0.15) is 49.7 Å². The number of hydrogen-bond donors (Lipinski definition) is 1. The smallest absolute Gasteiger partial charge is 0.227 e. The highest BCUT2D eigenvalue weighted by molar-refractivity contribution is 9.10. The highest BCUT2D eigenvalue weighted by Crippen LogP contribution is 2.38. The summed E-state index contributed by atoms with van der Waals surface area (Å²) in [7, 11) is 0. The number of nitrogens with one attached hydrogen (secondary N) is 1. The van der Waals surface area contributed by atoms with Gasteiger partial charge in [-0.3, -0.25) is 4.79 Å². The molecule has 4 rings (SSSR count). The van der Waals surface area contributed by atoms with E-state index in [1.54, 1.807) is 0 Å². The van der Waals surface area contributed by atoms with Gasteiger partial charge in [-0.15, -0.1) is 0 Å². The molecule has 2 aromatic carbocycles. The van der Waals surface area contributed by atoms with E-state index in [4.69, 9.17) is 0 Å². The minimum Gasteiger partial charge on any atom is -0.339 e. The van der Waals surface area contributed by atoms with Crippen molar-refractivity contribution in [1.82, 2.24) is 10.2 Å². The average molecular weight is 455 g/mol. The fourth-order valence-electron chi connectivity index (χ4n) is 5.18. The fraction of sp³-hybridized carbons (Fsp3) is 0.480. The van der Waals surface area contributed by atoms with Gasteiger partial charge in [-0.1, -0.05) is 78.3 Å². The molecule has 0 unspecified atom stereocenters. The van der Waals surface area contributed by atoms with Gasteiger partial charge in [0.25, 0.3) is 0 Å². The number of hydrogen-bond acceptors (Lipinski definition) is 2. The summed E-state index contributed by atoms with van der Waals surface area (Å²) in [5.41, 5.74) is 2.66. The van der Waals surface area contributed by atoms with Crippen molar-refractivity contribution in [2.24, 2.45) is 11.8 Å². The second kappa shape index (κ2) is 9.01. The number of piperidine rings is 1. The Morgan fingerprint density at radius 1 is 1.07 bits per heavy atom. The van der Waals surface area contributed by atoms with Crippen LogP contribution in [0.2, 0.25) is 0 Å². The third-order valence-corrected chi connectivity index (χ3v) is 7.53. The molecule has 0 aromatic heterocycles. The lowest BCUT2D eigenvalue weighted by Crippen LogP contribution is -2.51. The zero-order valence-electron chi connectivity index (χ0n) is 17.4. The van der Waals surface area contributed by atoms with Crippen LogP contribution in [0, 0.1) is 11.8 Å². The van der Waals surface area contributed by atoms with Crippen molar-refractivity contribution >= 4 is 21.8 Å². The standard InChI is InChI=1S/C25H31BrN2O/c1-17(2)24-14-19(18-8-4-3-5-9-18)12-13-28(24)25(29)22-16-27-15-21(22)20-10-6-7-11-23(20)26/h3-11,17,19,21-22,24,27H,12-16H2,1-2H3/t19-,21-,22+,24-/m0/s1. The Bertz CT molecular complexity index is 838. The summed E-state index contributed by atoms with van der Waals surface area (Å²) in [6.45, 7) is 7.02. The van der Waals surface area contributed by atoms with Crippen molar-refractivity contribution < 1.29 is 4.79 Å². The molecule has 3 nitrogen and oxygen atoms in total. The van der Waals surface area contributed by atoms with E-state index in [1.807, 2.05) is 6.07 Å². The molecule has 0 aliphatic carbocycles. The maximum absolute atomic E-state index is 13.7. The van der Waals surface area contributed by atoms with Crippen molar-refractivity contribution in [3.8, 4) is 0 Å². The SMILES string of the molecule is CC(C)[C@@H]1C[C@@H](c2ccccc2)CCN1C(=O)[C@@H]1CNC[C@H]1c1ccccc1Br. The van der Waals surface area contributed by atoms with Crippen molar-refractivity contribution in [2.45, 2.75) is 44.6 Å². The number of rotatable bonds is 4. The van der Waals surface area contributed by atoms with Gasteiger partial charge < -0.3 is 10.2 Å². The van der Waals surface area contributed by atoms with Crippen LogP contribution >= 0.6 is 15.9 Å². The minimum atomic E-state index is 0.0169. The monoisotopic (exact) mass is 454 g/mol. The Balaban J connectivity index is 1.53. The zero-order valence-corrected chi connectivity index (χ0v) is 18.9. The summed E-state index contributed by atoms with van der Waals surface area (Å²) < 4.78 is 1.11. The van der Waals surface area contributed by atoms with E-state index < -0.39 is 0 Å². The Kier molecular flexibility index (Phi) is 6.41. The van der Waals surface area contributed by atoms with Gasteiger partial charge in [0.05, 0.1) is 5.92 Å². The first-order valence-corrected chi connectivity index (χ1v) is 11.7. The molecule has 0 radical (unpaired) electrons. The van der Waals surface area contributed by atoms with Crippen LogP contribution in [-0.2, 0) is 4.79 Å². The molecule has 29 heavy (non-hydrogen) atoms.